The summed E-state index contributed by atoms with van der Waals surface area (Å²) in [6.45, 7) is 24.0. The van der Waals surface area contributed by atoms with Gasteiger partial charge in [0.05, 0.1) is 6.04 Å². The minimum atomic E-state index is -1.27. The third kappa shape index (κ3) is 10.1. The first kappa shape index (κ1) is 43.2. The summed E-state index contributed by atoms with van der Waals surface area (Å²) in [4.78, 5) is 32.7. The van der Waals surface area contributed by atoms with Gasteiger partial charge >= 0.3 is 17.4 Å². The summed E-state index contributed by atoms with van der Waals surface area (Å²) in [5.74, 6) is 2.06. The number of benzene rings is 2. The number of fused-ring (bicyclic) bond motifs is 3. The lowest BCUT2D eigenvalue weighted by molar-refractivity contribution is -0.719. The first-order valence-electron chi connectivity index (χ1n) is 22.3. The highest BCUT2D eigenvalue weighted by Crippen LogP contribution is 2.34. The van der Waals surface area contributed by atoms with Crippen molar-refractivity contribution in [1.82, 2.24) is 30.2 Å². The molecule has 2 aliphatic rings. The number of carbonyl (C=O) groups excluding carboxylic acids is 1. The number of pyridine rings is 2. The molecule has 6 aromatic rings. The van der Waals surface area contributed by atoms with Crippen LogP contribution in [0.3, 0.4) is 0 Å². The first-order chi connectivity index (χ1) is 29.0. The normalized spacial score (nSPS) is 17.7. The van der Waals surface area contributed by atoms with Gasteiger partial charge in [0.1, 0.15) is 24.0 Å². The molecule has 0 spiro atoms. The molecule has 2 aromatic carbocycles. The van der Waals surface area contributed by atoms with Gasteiger partial charge in [0.15, 0.2) is 24.5 Å². The quantitative estimate of drug-likeness (QED) is 0.0566. The van der Waals surface area contributed by atoms with E-state index in [1.165, 1.54) is 0 Å². The van der Waals surface area contributed by atoms with Gasteiger partial charge in [0, 0.05) is 47.0 Å². The van der Waals surface area contributed by atoms with Crippen LogP contribution in [0.25, 0.3) is 55.4 Å². The molecular formula is C47H66N8O4Si2+2. The van der Waals surface area contributed by atoms with Crippen molar-refractivity contribution in [1.29, 1.82) is 0 Å². The van der Waals surface area contributed by atoms with Gasteiger partial charge in [-0.3, -0.25) is 14.9 Å². The fraction of sp³-hybridized carbons (Fsp3) is 0.511. The lowest BCUT2D eigenvalue weighted by Gasteiger charge is -2.27. The SMILES string of the molecule is CC(C)(C)OC(=O)N1CCC[C@H]1c1[nH]c2cc(-c3ccc4cc(-c5cnc6c(c5)[nH]c([C@@H]5CCCN5)[n+]6COCC[Si](C)(C)C)ccc4c3)cnc2[n+]1COCC[Si](C)(C)C. The van der Waals surface area contributed by atoms with E-state index in [4.69, 9.17) is 24.2 Å². The van der Waals surface area contributed by atoms with Crippen LogP contribution in [0.1, 0.15) is 70.2 Å². The van der Waals surface area contributed by atoms with Crippen molar-refractivity contribution in [2.45, 2.75) is 129 Å². The zero-order valence-electron chi connectivity index (χ0n) is 37.8. The van der Waals surface area contributed by atoms with Crippen LogP contribution in [-0.4, -0.2) is 79.0 Å². The van der Waals surface area contributed by atoms with Crippen LogP contribution in [0.4, 0.5) is 4.79 Å². The van der Waals surface area contributed by atoms with E-state index in [9.17, 15) is 4.79 Å². The van der Waals surface area contributed by atoms with Gasteiger partial charge in [-0.2, -0.15) is 0 Å². The van der Waals surface area contributed by atoms with Crippen molar-refractivity contribution >= 4 is 55.3 Å². The van der Waals surface area contributed by atoms with E-state index in [2.05, 4.69) is 112 Å². The zero-order chi connectivity index (χ0) is 43.1. The molecule has 14 heteroatoms. The second-order valence-electron chi connectivity index (χ2n) is 20.5. The zero-order valence-corrected chi connectivity index (χ0v) is 39.8. The molecule has 2 fully saturated rings. The number of aromatic nitrogens is 6. The van der Waals surface area contributed by atoms with Gasteiger partial charge in [-0.05, 0) is 111 Å². The van der Waals surface area contributed by atoms with Crippen molar-refractivity contribution < 1.29 is 28.1 Å². The van der Waals surface area contributed by atoms with Crippen LogP contribution in [-0.2, 0) is 27.7 Å². The van der Waals surface area contributed by atoms with Crippen LogP contribution in [0.2, 0.25) is 51.4 Å². The molecule has 0 aliphatic carbocycles. The maximum atomic E-state index is 13.4. The Hall–Kier alpha value is -4.48. The Morgan fingerprint density at radius 3 is 1.79 bits per heavy atom. The highest BCUT2D eigenvalue weighted by Gasteiger charge is 2.39. The molecule has 0 unspecified atom stereocenters. The van der Waals surface area contributed by atoms with E-state index in [-0.39, 0.29) is 18.2 Å². The van der Waals surface area contributed by atoms with Gasteiger partial charge in [-0.15, -0.1) is 9.97 Å². The largest absolute Gasteiger partial charge is 0.444 e. The summed E-state index contributed by atoms with van der Waals surface area (Å²) in [7, 11) is -2.45. The maximum absolute atomic E-state index is 13.4. The van der Waals surface area contributed by atoms with Gasteiger partial charge in [-0.25, -0.2) is 13.9 Å². The van der Waals surface area contributed by atoms with Crippen LogP contribution in [0.5, 0.6) is 0 Å². The van der Waals surface area contributed by atoms with E-state index in [1.807, 2.05) is 38.1 Å². The second kappa shape index (κ2) is 17.4. The molecule has 2 aliphatic heterocycles. The average molecular weight is 863 g/mol. The molecule has 61 heavy (non-hydrogen) atoms. The molecule has 12 nitrogen and oxygen atoms in total. The van der Waals surface area contributed by atoms with Crippen LogP contribution >= 0.6 is 0 Å². The Labute approximate surface area is 362 Å². The van der Waals surface area contributed by atoms with Crippen LogP contribution < -0.4 is 14.5 Å². The van der Waals surface area contributed by atoms with E-state index < -0.39 is 21.7 Å². The number of likely N-dealkylation sites (tertiary alicyclic amines) is 1. The van der Waals surface area contributed by atoms with Gasteiger partial charge < -0.3 is 19.5 Å². The lowest BCUT2D eigenvalue weighted by atomic mass is 9.99. The molecule has 0 saturated carbocycles. The Balaban J connectivity index is 1.06. The summed E-state index contributed by atoms with van der Waals surface area (Å²) < 4.78 is 22.7. The van der Waals surface area contributed by atoms with E-state index in [0.29, 0.717) is 26.6 Å². The highest BCUT2D eigenvalue weighted by atomic mass is 28.3. The van der Waals surface area contributed by atoms with Crippen molar-refractivity contribution in [3.8, 4) is 22.3 Å². The standard InChI is InChI=1S/C47H64N8O4Si2/c1-47(2,3)59-46(56)53-19-11-13-41(53)45-52-40-27-37(29-50-43(40)55(45)31-58-21-23-61(7,8)9)35-17-15-32-24-34(16-14-33(32)25-35)36-26-39-42(49-28-36)54(30-57-20-22-60(4,5)6)44(51-39)38-12-10-18-48-38/h14-17,24-29,38,41,48H,10-13,18-23,30-31H2,1-9H3/p+2/t38-,41-/m0/s1. The fourth-order valence-electron chi connectivity index (χ4n) is 8.47. The number of nitrogens with one attached hydrogen (secondary N) is 3. The Morgan fingerprint density at radius 1 is 0.738 bits per heavy atom. The predicted octanol–water partition coefficient (Wildman–Crippen LogP) is 9.62. The number of rotatable bonds is 14. The molecule has 1 amide bonds. The van der Waals surface area contributed by atoms with E-state index in [0.717, 1.165) is 118 Å². The summed E-state index contributed by atoms with van der Waals surface area (Å²) in [6.07, 6.45) is 7.65. The van der Waals surface area contributed by atoms with Crippen LogP contribution in [0.15, 0.2) is 60.9 Å². The molecule has 0 radical (unpaired) electrons. The summed E-state index contributed by atoms with van der Waals surface area (Å²) in [6, 6.07) is 19.9. The van der Waals surface area contributed by atoms with Gasteiger partial charge in [0.25, 0.3) is 0 Å². The number of imidazole rings is 2. The maximum Gasteiger partial charge on any atom is 0.411 e. The van der Waals surface area contributed by atoms with Gasteiger partial charge in [0.2, 0.25) is 11.6 Å². The first-order valence-corrected chi connectivity index (χ1v) is 29.7. The molecule has 2 atom stereocenters. The monoisotopic (exact) mass is 862 g/mol. The van der Waals surface area contributed by atoms with E-state index in [1.54, 1.807) is 0 Å². The van der Waals surface area contributed by atoms with E-state index >= 15 is 0 Å². The molecule has 324 valence electrons. The number of hydrogen-bond donors (Lipinski definition) is 3. The van der Waals surface area contributed by atoms with Crippen LogP contribution in [0, 0.1) is 0 Å². The average Bonchev–Trinajstić information content (AvgIpc) is 4.02. The number of aromatic amines is 2. The predicted molar refractivity (Wildman–Crippen MR) is 248 cm³/mol. The Bertz CT molecular complexity index is 2530. The van der Waals surface area contributed by atoms with Crippen molar-refractivity contribution in [3.63, 3.8) is 0 Å². The van der Waals surface area contributed by atoms with Crippen molar-refractivity contribution in [2.75, 3.05) is 26.3 Å². The molecule has 0 bridgehead atoms. The summed E-state index contributed by atoms with van der Waals surface area (Å²) >= 11 is 0. The second-order valence-corrected chi connectivity index (χ2v) is 31.8. The number of hydrogen-bond acceptors (Lipinski definition) is 7. The number of amides is 1. The molecule has 4 aromatic heterocycles. The smallest absolute Gasteiger partial charge is 0.411 e. The van der Waals surface area contributed by atoms with Gasteiger partial charge in [-0.1, -0.05) is 63.5 Å². The minimum absolute atomic E-state index is 0.165. The molecule has 8 rings (SSSR count). The summed E-state index contributed by atoms with van der Waals surface area (Å²) in [5, 5.41) is 5.97. The number of ether oxygens (including phenoxy) is 3. The third-order valence-electron chi connectivity index (χ3n) is 11.9. The number of nitrogens with zero attached hydrogens (tertiary/aromatic N) is 5. The molecular weight excluding hydrogens is 797 g/mol. The Kier molecular flexibility index (Phi) is 12.3. The third-order valence-corrected chi connectivity index (χ3v) is 15.3. The van der Waals surface area contributed by atoms with Crippen molar-refractivity contribution in [2.24, 2.45) is 0 Å². The number of H-pyrrole nitrogens is 2. The summed E-state index contributed by atoms with van der Waals surface area (Å²) in [5.41, 5.74) is 7.38. The topological polar surface area (TPSA) is 125 Å². The molecule has 2 saturated heterocycles. The van der Waals surface area contributed by atoms with Crippen molar-refractivity contribution in [3.05, 3.63) is 72.6 Å². The molecule has 3 N–H and O–H groups in total. The Morgan fingerprint density at radius 2 is 1.28 bits per heavy atom. The number of carbonyl (C=O) groups is 1. The highest BCUT2D eigenvalue weighted by molar-refractivity contribution is 6.76. The minimum Gasteiger partial charge on any atom is -0.444 e. The lowest BCUT2D eigenvalue weighted by Crippen LogP contribution is -2.45. The molecule has 6 heterocycles. The fourth-order valence-corrected chi connectivity index (χ4v) is 9.98.